The van der Waals surface area contributed by atoms with Crippen molar-refractivity contribution >= 4 is 23.1 Å². The maximum absolute atomic E-state index is 14.2. The summed E-state index contributed by atoms with van der Waals surface area (Å²) in [6.07, 6.45) is 0. The molecule has 5 rings (SSSR count). The van der Waals surface area contributed by atoms with Crippen LogP contribution in [0, 0.1) is 13.8 Å². The van der Waals surface area contributed by atoms with Crippen molar-refractivity contribution in [2.24, 2.45) is 0 Å². The van der Waals surface area contributed by atoms with Gasteiger partial charge in [-0.05, 0) is 61.4 Å². The number of aromatic nitrogens is 2. The minimum absolute atomic E-state index is 0.0398. The third-order valence-corrected chi connectivity index (χ3v) is 6.93. The quantitative estimate of drug-likeness (QED) is 0.338. The first kappa shape index (κ1) is 26.6. The lowest BCUT2D eigenvalue weighted by atomic mass is 10.0. The maximum Gasteiger partial charge on any atom is 0.282 e. The van der Waals surface area contributed by atoms with Gasteiger partial charge >= 0.3 is 0 Å². The number of ether oxygens (including phenoxy) is 2. The zero-order chi connectivity index (χ0) is 28.6. The molecule has 0 radical (unpaired) electrons. The first-order chi connectivity index (χ1) is 19.2. The van der Waals surface area contributed by atoms with Crippen molar-refractivity contribution in [2.75, 3.05) is 26.2 Å². The Morgan fingerprint density at radius 2 is 1.55 bits per heavy atom. The third-order valence-electron chi connectivity index (χ3n) is 6.93. The number of methoxy groups -OCH3 is 2. The molecule has 9 nitrogen and oxygen atoms in total. The summed E-state index contributed by atoms with van der Waals surface area (Å²) in [6.45, 7) is 3.94. The third kappa shape index (κ3) is 4.55. The van der Waals surface area contributed by atoms with Crippen molar-refractivity contribution in [1.82, 2.24) is 14.7 Å². The maximum atomic E-state index is 14.2. The fourth-order valence-corrected chi connectivity index (χ4v) is 4.98. The average Bonchev–Trinajstić information content (AvgIpc) is 3.39. The zero-order valence-corrected chi connectivity index (χ0v) is 23.0. The number of H-pyrrole nitrogens is 1. The highest BCUT2D eigenvalue weighted by Gasteiger charge is 2.44. The molecule has 1 N–H and O–H groups in total. The van der Waals surface area contributed by atoms with Crippen LogP contribution in [0.2, 0.25) is 0 Å². The van der Waals surface area contributed by atoms with E-state index in [9.17, 15) is 14.4 Å². The van der Waals surface area contributed by atoms with Crippen molar-refractivity contribution in [3.63, 3.8) is 0 Å². The lowest BCUT2D eigenvalue weighted by Crippen LogP contribution is -2.34. The largest absolute Gasteiger partial charge is 0.497 e. The van der Waals surface area contributed by atoms with E-state index in [0.717, 1.165) is 16.0 Å². The number of nitrogens with one attached hydrogen (secondary N) is 1. The highest BCUT2D eigenvalue weighted by molar-refractivity contribution is 6.45. The number of aryl methyl sites for hydroxylation is 2. The summed E-state index contributed by atoms with van der Waals surface area (Å²) in [4.78, 5) is 45.0. The molecule has 2 amide bonds. The van der Waals surface area contributed by atoms with Gasteiger partial charge in [0.2, 0.25) is 0 Å². The fraction of sp³-hybridized carbons (Fsp3) is 0.194. The average molecular weight is 539 g/mol. The first-order valence-electron chi connectivity index (χ1n) is 12.7. The predicted molar refractivity (Wildman–Crippen MR) is 153 cm³/mol. The fourth-order valence-electron chi connectivity index (χ4n) is 4.98. The number of benzene rings is 3. The molecule has 0 fully saturated rings. The number of likely N-dealkylation sites (N-methyl/N-ethyl adjacent to an activating group) is 1. The molecule has 0 unspecified atom stereocenters. The van der Waals surface area contributed by atoms with Crippen LogP contribution in [-0.2, 0) is 16.1 Å². The second-order valence-corrected chi connectivity index (χ2v) is 9.64. The van der Waals surface area contributed by atoms with Gasteiger partial charge in [0.15, 0.2) is 0 Å². The molecule has 0 bridgehead atoms. The minimum atomic E-state index is -0.593. The summed E-state index contributed by atoms with van der Waals surface area (Å²) in [7, 11) is 4.80. The van der Waals surface area contributed by atoms with E-state index >= 15 is 0 Å². The van der Waals surface area contributed by atoms with E-state index in [4.69, 9.17) is 9.47 Å². The van der Waals surface area contributed by atoms with E-state index in [-0.39, 0.29) is 16.8 Å². The first-order valence-corrected chi connectivity index (χ1v) is 12.7. The Kier molecular flexibility index (Phi) is 7.04. The Morgan fingerprint density at radius 1 is 0.850 bits per heavy atom. The Bertz CT molecular complexity index is 1680. The number of carbonyl (C=O) groups is 2. The molecule has 1 aromatic heterocycles. The van der Waals surface area contributed by atoms with Crippen LogP contribution in [0.4, 0.5) is 5.69 Å². The van der Waals surface area contributed by atoms with Crippen LogP contribution in [0.25, 0.3) is 11.3 Å². The molecule has 9 heteroatoms. The number of nitrogens with zero attached hydrogens (tertiary/aromatic N) is 3. The van der Waals surface area contributed by atoms with Gasteiger partial charge < -0.3 is 14.4 Å². The molecule has 2 heterocycles. The van der Waals surface area contributed by atoms with E-state index < -0.39 is 17.4 Å². The van der Waals surface area contributed by atoms with E-state index in [1.165, 1.54) is 11.8 Å². The molecule has 0 saturated heterocycles. The van der Waals surface area contributed by atoms with Gasteiger partial charge in [-0.15, -0.1) is 0 Å². The number of hydrogen-bond acceptors (Lipinski definition) is 6. The Balaban J connectivity index is 1.69. The number of amides is 2. The summed E-state index contributed by atoms with van der Waals surface area (Å²) in [6, 6.07) is 21.9. The SMILES string of the molecule is COc1ccc(-n2[nH]c(C)c(C3=C(N(C)Cc4ccccc4)C(=O)N(c4cc(C)ccc4OC)C3=O)c2=O)cc1. The summed E-state index contributed by atoms with van der Waals surface area (Å²) in [5, 5.41) is 3.08. The molecule has 0 spiro atoms. The standard InChI is InChI=1S/C31H30N4O5/c1-19-11-16-25(40-5)24(17-19)34-29(36)27(28(31(34)38)33(3)18-21-9-7-6-8-10-21)26-20(2)32-35(30(26)37)22-12-14-23(39-4)15-13-22/h6-17,32H,18H2,1-5H3. The monoisotopic (exact) mass is 538 g/mol. The number of carbonyl (C=O) groups excluding carboxylic acids is 2. The molecule has 1 aliphatic heterocycles. The number of anilines is 1. The Hall–Kier alpha value is -5.05. The second-order valence-electron chi connectivity index (χ2n) is 9.64. The molecule has 1 aliphatic rings. The highest BCUT2D eigenvalue weighted by atomic mass is 16.5. The van der Waals surface area contributed by atoms with Crippen LogP contribution in [-0.4, -0.2) is 47.8 Å². The zero-order valence-electron chi connectivity index (χ0n) is 23.0. The number of hydrogen-bond donors (Lipinski definition) is 1. The topological polar surface area (TPSA) is 96.9 Å². The number of aromatic amines is 1. The van der Waals surface area contributed by atoms with Gasteiger partial charge in [0.05, 0.1) is 36.7 Å². The van der Waals surface area contributed by atoms with E-state index in [1.807, 2.05) is 43.3 Å². The number of imide groups is 1. The second kappa shape index (κ2) is 10.6. The molecule has 0 saturated carbocycles. The van der Waals surface area contributed by atoms with Crippen LogP contribution >= 0.6 is 0 Å². The Labute approximate surface area is 231 Å². The van der Waals surface area contributed by atoms with Crippen LogP contribution in [0.15, 0.2) is 83.3 Å². The van der Waals surface area contributed by atoms with Crippen molar-refractivity contribution in [3.05, 3.63) is 111 Å². The van der Waals surface area contributed by atoms with Gasteiger partial charge in [-0.25, -0.2) is 9.58 Å². The van der Waals surface area contributed by atoms with E-state index in [0.29, 0.717) is 35.1 Å². The summed E-state index contributed by atoms with van der Waals surface area (Å²) in [5.41, 5.74) is 3.02. The van der Waals surface area contributed by atoms with Crippen molar-refractivity contribution < 1.29 is 19.1 Å². The van der Waals surface area contributed by atoms with E-state index in [1.54, 1.807) is 62.4 Å². The summed E-state index contributed by atoms with van der Waals surface area (Å²) < 4.78 is 12.1. The van der Waals surface area contributed by atoms with Crippen molar-refractivity contribution in [1.29, 1.82) is 0 Å². The predicted octanol–water partition coefficient (Wildman–Crippen LogP) is 4.22. The molecule has 0 atom stereocenters. The number of rotatable bonds is 8. The highest BCUT2D eigenvalue weighted by Crippen LogP contribution is 2.39. The molecule has 3 aromatic carbocycles. The summed E-state index contributed by atoms with van der Waals surface area (Å²) >= 11 is 0. The van der Waals surface area contributed by atoms with Crippen molar-refractivity contribution in [3.8, 4) is 17.2 Å². The van der Waals surface area contributed by atoms with Gasteiger partial charge in [-0.2, -0.15) is 0 Å². The minimum Gasteiger partial charge on any atom is -0.497 e. The van der Waals surface area contributed by atoms with Gasteiger partial charge in [0.25, 0.3) is 17.4 Å². The smallest absolute Gasteiger partial charge is 0.282 e. The van der Waals surface area contributed by atoms with Crippen LogP contribution in [0.3, 0.4) is 0 Å². The molecule has 4 aromatic rings. The molecular formula is C31H30N4O5. The molecule has 40 heavy (non-hydrogen) atoms. The Morgan fingerprint density at radius 3 is 2.20 bits per heavy atom. The van der Waals surface area contributed by atoms with Crippen molar-refractivity contribution in [2.45, 2.75) is 20.4 Å². The lowest BCUT2D eigenvalue weighted by Gasteiger charge is -2.22. The lowest BCUT2D eigenvalue weighted by molar-refractivity contribution is -0.120. The molecular weight excluding hydrogens is 508 g/mol. The summed E-state index contributed by atoms with van der Waals surface area (Å²) in [5.74, 6) is -0.101. The van der Waals surface area contributed by atoms with Crippen LogP contribution in [0.5, 0.6) is 11.5 Å². The van der Waals surface area contributed by atoms with Gasteiger partial charge in [0, 0.05) is 19.3 Å². The van der Waals surface area contributed by atoms with E-state index in [2.05, 4.69) is 5.10 Å². The molecule has 204 valence electrons. The van der Waals surface area contributed by atoms with Crippen LogP contribution < -0.4 is 19.9 Å². The van der Waals surface area contributed by atoms with Gasteiger partial charge in [-0.3, -0.25) is 19.5 Å². The molecule has 0 aliphatic carbocycles. The normalized spacial score (nSPS) is 13.3. The van der Waals surface area contributed by atoms with Gasteiger partial charge in [-0.1, -0.05) is 36.4 Å². The van der Waals surface area contributed by atoms with Gasteiger partial charge in [0.1, 0.15) is 17.2 Å². The van der Waals surface area contributed by atoms with Crippen LogP contribution in [0.1, 0.15) is 22.4 Å².